The molecule has 0 spiro atoms. The molecule has 3 aromatic carbocycles. The monoisotopic (exact) mass is 1090 g/mol. The molecule has 26 heteroatoms. The number of nitrogens with zero attached hydrogens (tertiary/aromatic N) is 3. The molecule has 0 fully saturated rings. The molecule has 0 aliphatic carbocycles. The number of rotatable bonds is 29. The van der Waals surface area contributed by atoms with Crippen LogP contribution in [0.1, 0.15) is 64.0 Å². The largest absolute Gasteiger partial charge is 0.445 e. The van der Waals surface area contributed by atoms with Crippen molar-refractivity contribution in [2.75, 3.05) is 71.1 Å². The number of nitrogens with one attached hydrogen (secondary N) is 6. The molecule has 0 radical (unpaired) electrons. The molecule has 4 rings (SSSR count). The molecule has 23 nitrogen and oxygen atoms in total. The van der Waals surface area contributed by atoms with Gasteiger partial charge in [0.2, 0.25) is 17.7 Å². The second kappa shape index (κ2) is 31.0. The van der Waals surface area contributed by atoms with Gasteiger partial charge in [-0.3, -0.25) is 19.2 Å². The van der Waals surface area contributed by atoms with E-state index in [4.69, 9.17) is 29.5 Å². The van der Waals surface area contributed by atoms with Crippen LogP contribution in [0.5, 0.6) is 0 Å². The van der Waals surface area contributed by atoms with Gasteiger partial charge in [-0.05, 0) is 90.3 Å². The van der Waals surface area contributed by atoms with E-state index >= 15 is 4.39 Å². The van der Waals surface area contributed by atoms with Gasteiger partial charge in [-0.1, -0.05) is 51.1 Å². The van der Waals surface area contributed by atoms with Gasteiger partial charge >= 0.3 is 24.2 Å². The highest BCUT2D eigenvalue weighted by Crippen LogP contribution is 2.62. The van der Waals surface area contributed by atoms with Crippen LogP contribution in [0.4, 0.5) is 33.6 Å². The van der Waals surface area contributed by atoms with Crippen molar-refractivity contribution in [3.05, 3.63) is 95.6 Å². The summed E-state index contributed by atoms with van der Waals surface area (Å²) in [5.74, 6) is -3.30. The van der Waals surface area contributed by atoms with E-state index < -0.39 is 94.0 Å². The van der Waals surface area contributed by atoms with Crippen LogP contribution in [-0.2, 0) is 44.8 Å². The minimum Gasteiger partial charge on any atom is -0.445 e. The van der Waals surface area contributed by atoms with Crippen molar-refractivity contribution < 1.29 is 71.2 Å². The summed E-state index contributed by atoms with van der Waals surface area (Å²) in [6.07, 6.45) is -2.08. The van der Waals surface area contributed by atoms with Gasteiger partial charge in [0.1, 0.15) is 42.0 Å². The number of alkyl carbamates (subject to hydrolysis) is 2. The van der Waals surface area contributed by atoms with Crippen LogP contribution < -0.4 is 37.6 Å². The standard InChI is InChI=1S/C50H70F2N10O13S/c1-7-36(28-63)75-42(71-5)30-74-49(69)56-25-22-41(64)59-43(32(2)3)45(66)58-40(15-11-23-54-47(53)67)44(65)57-35-19-16-33(17-20-35)29-73-48(68)55-24-12-26-76(37-13-9-8-10-14-37)31-62(50(70)61(4)72-6)60-46(76)38-27-34(51)18-21-39(38)52/h8-10,13-14,16-21,27,32,36,40,42-43,63H,7,11-12,15,22-26,28-31H2,1-6H3,(H,55,68)(H,56,69)(H,57,65)(H,58,66)(H,59,64)(H3,53,54,67)/t36?,40-,42?,43-/m0/s1. The first-order valence-electron chi connectivity index (χ1n) is 24.4. The number of hydrogen-bond donors (Lipinski definition) is 8. The summed E-state index contributed by atoms with van der Waals surface area (Å²) in [5, 5.41) is 32.0. The van der Waals surface area contributed by atoms with Crippen LogP contribution in [0.3, 0.4) is 0 Å². The summed E-state index contributed by atoms with van der Waals surface area (Å²) in [5.41, 5.74) is 6.02. The van der Waals surface area contributed by atoms with E-state index in [1.807, 2.05) is 25.1 Å². The molecule has 76 heavy (non-hydrogen) atoms. The molecule has 3 unspecified atom stereocenters. The lowest BCUT2D eigenvalue weighted by Gasteiger charge is -2.37. The fourth-order valence-electron chi connectivity index (χ4n) is 7.47. The summed E-state index contributed by atoms with van der Waals surface area (Å²) in [7, 11) is 1.72. The molecule has 0 saturated heterocycles. The molecular weight excluding hydrogens is 1020 g/mol. The number of anilines is 1. The minimum absolute atomic E-state index is 0.0443. The predicted molar refractivity (Wildman–Crippen MR) is 277 cm³/mol. The van der Waals surface area contributed by atoms with Gasteiger partial charge < -0.3 is 61.7 Å². The lowest BCUT2D eigenvalue weighted by Crippen LogP contribution is -2.54. The normalized spacial score (nSPS) is 16.4. The van der Waals surface area contributed by atoms with Crippen molar-refractivity contribution in [1.29, 1.82) is 0 Å². The Kier molecular flexibility index (Phi) is 25.1. The number of carbonyl (C=O) groups excluding carboxylic acids is 7. The second-order valence-electron chi connectivity index (χ2n) is 17.5. The number of benzene rings is 3. The number of carbonyl (C=O) groups is 7. The molecule has 418 valence electrons. The van der Waals surface area contributed by atoms with Crippen LogP contribution in [0.25, 0.3) is 0 Å². The lowest BCUT2D eigenvalue weighted by atomic mass is 10.0. The maximum Gasteiger partial charge on any atom is 0.407 e. The molecule has 1 aliphatic rings. The highest BCUT2D eigenvalue weighted by Gasteiger charge is 2.44. The summed E-state index contributed by atoms with van der Waals surface area (Å²) >= 11 is 0. The Morgan fingerprint density at radius 2 is 1.55 bits per heavy atom. The van der Waals surface area contributed by atoms with E-state index in [0.29, 0.717) is 29.8 Å². The van der Waals surface area contributed by atoms with Crippen molar-refractivity contribution in [2.24, 2.45) is 16.8 Å². The van der Waals surface area contributed by atoms with Crippen molar-refractivity contribution in [3.8, 4) is 0 Å². The number of hydrazone groups is 1. The zero-order valence-electron chi connectivity index (χ0n) is 43.4. The quantitative estimate of drug-likeness (QED) is 0.0269. The number of halogens is 2. The van der Waals surface area contributed by atoms with Crippen molar-refractivity contribution >= 4 is 62.7 Å². The molecule has 0 aromatic heterocycles. The number of hydrogen-bond acceptors (Lipinski definition) is 14. The molecule has 0 bridgehead atoms. The van der Waals surface area contributed by atoms with Crippen LogP contribution in [0.2, 0.25) is 0 Å². The summed E-state index contributed by atoms with van der Waals surface area (Å²) in [4.78, 5) is 95.8. The Hall–Kier alpha value is -7.13. The number of primary amides is 1. The smallest absolute Gasteiger partial charge is 0.407 e. The van der Waals surface area contributed by atoms with Crippen LogP contribution in [0.15, 0.2) is 82.8 Å². The fourth-order valence-corrected chi connectivity index (χ4v) is 11.3. The first kappa shape index (κ1) is 61.4. The van der Waals surface area contributed by atoms with Crippen molar-refractivity contribution in [3.63, 3.8) is 0 Å². The number of nitrogens with two attached hydrogens (primary N) is 1. The second-order valence-corrected chi connectivity index (χ2v) is 20.8. The number of aliphatic hydroxyl groups is 1. The van der Waals surface area contributed by atoms with Crippen LogP contribution in [0, 0.1) is 17.6 Å². The third-order valence-corrected chi connectivity index (χ3v) is 15.6. The van der Waals surface area contributed by atoms with E-state index in [2.05, 4.69) is 37.0 Å². The Bertz CT molecular complexity index is 2440. The number of urea groups is 2. The van der Waals surface area contributed by atoms with E-state index in [1.54, 1.807) is 50.2 Å². The molecule has 5 atom stereocenters. The number of amides is 9. The number of aliphatic hydroxyl groups excluding tert-OH is 1. The fraction of sp³-hybridized carbons (Fsp3) is 0.480. The molecule has 9 amide bonds. The van der Waals surface area contributed by atoms with Gasteiger partial charge in [0.25, 0.3) is 0 Å². The highest BCUT2D eigenvalue weighted by molar-refractivity contribution is 8.46. The first-order valence-corrected chi connectivity index (χ1v) is 26.4. The number of methoxy groups -OCH3 is 1. The van der Waals surface area contributed by atoms with Gasteiger partial charge in [-0.25, -0.2) is 38.0 Å². The zero-order valence-corrected chi connectivity index (χ0v) is 44.3. The maximum atomic E-state index is 15.4. The molecule has 9 N–H and O–H groups in total. The van der Waals surface area contributed by atoms with Gasteiger partial charge in [0.15, 0.2) is 6.29 Å². The number of ether oxygens (including phenoxy) is 4. The first-order chi connectivity index (χ1) is 36.3. The van der Waals surface area contributed by atoms with Crippen LogP contribution in [-0.4, -0.2) is 152 Å². The topological polar surface area (TPSA) is 303 Å². The van der Waals surface area contributed by atoms with Crippen LogP contribution >= 0.6 is 10.0 Å². The van der Waals surface area contributed by atoms with E-state index in [-0.39, 0.29) is 75.2 Å². The van der Waals surface area contributed by atoms with Gasteiger partial charge in [0, 0.05) is 51.5 Å². The SMILES string of the molecule is CCC(CO)OC(COC(=O)NCCC(=O)N[C@H](C(=O)N[C@@H](CCCNC(N)=O)C(=O)Nc1ccc(COC(=O)NCCCS2(c3ccccc3)CN(C(=O)N(C)OC)N=C2c2cc(F)ccc2F)cc1)C(C)C)OC. The molecule has 1 aliphatic heterocycles. The van der Waals surface area contributed by atoms with Crippen molar-refractivity contribution in [1.82, 2.24) is 36.7 Å². The number of hydroxylamine groups is 2. The summed E-state index contributed by atoms with van der Waals surface area (Å²) < 4.78 is 51.2. The zero-order chi connectivity index (χ0) is 55.8. The average Bonchev–Trinajstić information content (AvgIpc) is 3.80. The molecule has 3 aromatic rings. The van der Waals surface area contributed by atoms with Gasteiger partial charge in [-0.2, -0.15) is 5.10 Å². The molecular formula is C50H70F2N10O13S. The molecule has 0 saturated carbocycles. The Labute approximate surface area is 441 Å². The van der Waals surface area contributed by atoms with Gasteiger partial charge in [0.05, 0.1) is 25.7 Å². The lowest BCUT2D eigenvalue weighted by molar-refractivity contribution is -0.181. The summed E-state index contributed by atoms with van der Waals surface area (Å²) in [6.45, 7) is 4.62. The maximum absolute atomic E-state index is 15.4. The third kappa shape index (κ3) is 18.9. The third-order valence-electron chi connectivity index (χ3n) is 11.7. The predicted octanol–water partition coefficient (Wildman–Crippen LogP) is 4.58. The highest BCUT2D eigenvalue weighted by atomic mass is 32.3. The minimum atomic E-state index is -2.35. The van der Waals surface area contributed by atoms with E-state index in [1.165, 1.54) is 26.3 Å². The Morgan fingerprint density at radius 1 is 0.868 bits per heavy atom. The van der Waals surface area contributed by atoms with Crippen molar-refractivity contribution in [2.45, 2.75) is 88.9 Å². The van der Waals surface area contributed by atoms with E-state index in [9.17, 15) is 43.1 Å². The average molecular weight is 1090 g/mol. The molecule has 1 heterocycles. The van der Waals surface area contributed by atoms with Gasteiger partial charge in [-0.15, -0.1) is 10.0 Å². The Balaban J connectivity index is 1.32. The Morgan fingerprint density at radius 3 is 2.20 bits per heavy atom. The van der Waals surface area contributed by atoms with E-state index in [0.717, 1.165) is 28.2 Å². The summed E-state index contributed by atoms with van der Waals surface area (Å²) in [6, 6.07) is 14.9.